The van der Waals surface area contributed by atoms with Gasteiger partial charge >= 0.3 is 0 Å². The maximum absolute atomic E-state index is 13.4. The first-order valence-corrected chi connectivity index (χ1v) is 38.3. The van der Waals surface area contributed by atoms with E-state index >= 15 is 0 Å². The topological polar surface area (TPSA) is 307 Å². The van der Waals surface area contributed by atoms with E-state index in [0.717, 1.165) is 70.6 Å². The molecule has 19 nitrogen and oxygen atoms in total. The van der Waals surface area contributed by atoms with E-state index in [4.69, 9.17) is 28.4 Å². The number of aliphatic hydroxyl groups excluding tert-OH is 11. The van der Waals surface area contributed by atoms with Crippen LogP contribution in [-0.4, -0.2) is 193 Å². The van der Waals surface area contributed by atoms with Crippen LogP contribution in [0, 0.1) is 0 Å². The van der Waals surface area contributed by atoms with Gasteiger partial charge in [-0.25, -0.2) is 0 Å². The molecule has 3 aliphatic rings. The average molecular weight is 1380 g/mol. The van der Waals surface area contributed by atoms with E-state index < -0.39 is 124 Å². The van der Waals surface area contributed by atoms with Crippen molar-refractivity contribution in [1.82, 2.24) is 5.32 Å². The zero-order valence-corrected chi connectivity index (χ0v) is 59.8. The third-order valence-electron chi connectivity index (χ3n) is 18.7. The Kier molecular flexibility index (Phi) is 53.2. The van der Waals surface area contributed by atoms with E-state index in [0.29, 0.717) is 12.8 Å². The van der Waals surface area contributed by atoms with Crippen molar-refractivity contribution in [3.05, 3.63) is 85.1 Å². The minimum absolute atomic E-state index is 0.192. The number of amides is 1. The molecule has 17 unspecified atom stereocenters. The van der Waals surface area contributed by atoms with Crippen molar-refractivity contribution in [3.8, 4) is 0 Å². The molecule has 0 radical (unpaired) electrons. The van der Waals surface area contributed by atoms with Gasteiger partial charge in [0.05, 0.1) is 38.6 Å². The molecule has 0 aromatic rings. The fraction of sp³-hybridized carbons (Fsp3) is 0.808. The molecule has 17 atom stereocenters. The van der Waals surface area contributed by atoms with Crippen LogP contribution in [0.1, 0.15) is 271 Å². The van der Waals surface area contributed by atoms with Crippen LogP contribution >= 0.6 is 0 Å². The molecule has 0 spiro atoms. The third kappa shape index (κ3) is 39.3. The normalized spacial score (nSPS) is 27.4. The molecule has 0 aromatic heterocycles. The number of ether oxygens (including phenoxy) is 6. The fourth-order valence-electron chi connectivity index (χ4n) is 12.5. The Balaban J connectivity index is 1.40. The lowest BCUT2D eigenvalue weighted by molar-refractivity contribution is -0.379. The highest BCUT2D eigenvalue weighted by Gasteiger charge is 2.53. The molecule has 1 amide bonds. The number of aliphatic hydroxyl groups is 11. The van der Waals surface area contributed by atoms with Crippen LogP contribution in [0.3, 0.4) is 0 Å². The van der Waals surface area contributed by atoms with Crippen molar-refractivity contribution in [2.45, 2.75) is 375 Å². The number of carbonyl (C=O) groups is 1. The zero-order valence-electron chi connectivity index (χ0n) is 59.8. The summed E-state index contributed by atoms with van der Waals surface area (Å²) < 4.78 is 34.4. The molecule has 562 valence electrons. The number of unbranched alkanes of at least 4 members (excludes halogenated alkanes) is 31. The van der Waals surface area contributed by atoms with Crippen molar-refractivity contribution < 1.29 is 89.4 Å². The van der Waals surface area contributed by atoms with Gasteiger partial charge in [-0.1, -0.05) is 272 Å². The summed E-state index contributed by atoms with van der Waals surface area (Å²) in [4.78, 5) is 13.4. The molecule has 12 N–H and O–H groups in total. The van der Waals surface area contributed by atoms with E-state index in [1.54, 1.807) is 6.08 Å². The number of hydrogen-bond donors (Lipinski definition) is 12. The second kappa shape index (κ2) is 58.5. The summed E-state index contributed by atoms with van der Waals surface area (Å²) in [6.45, 7) is 1.59. The third-order valence-corrected chi connectivity index (χ3v) is 18.7. The van der Waals surface area contributed by atoms with Gasteiger partial charge in [-0.05, 0) is 77.0 Å². The van der Waals surface area contributed by atoms with Gasteiger partial charge in [-0.15, -0.1) is 0 Å². The Bertz CT molecular complexity index is 2080. The predicted octanol–water partition coefficient (Wildman–Crippen LogP) is 11.8. The minimum Gasteiger partial charge on any atom is -0.394 e. The SMILES string of the molecule is CC/C=C\C/C=C\C/C=C\C/C=C\C/C=C\CCCCCC(=O)NC(COC1OC(CO)C(OC2OC(CO)C(OC3OC(CO)C(O)C(O)C3O)C(O)C2O)C(O)C1O)C(O)/C=C/CC/C=C/CCCCCCCCCCCCCCCCCCCCCCCCCCCCC. The molecular weight excluding hydrogens is 1240 g/mol. The molecule has 3 rings (SSSR count). The van der Waals surface area contributed by atoms with Gasteiger partial charge in [-0.3, -0.25) is 4.79 Å². The molecule has 3 aliphatic heterocycles. The van der Waals surface area contributed by atoms with Gasteiger partial charge in [0.1, 0.15) is 73.2 Å². The Morgan fingerprint density at radius 1 is 0.381 bits per heavy atom. The Hall–Kier alpha value is -3.03. The first-order valence-electron chi connectivity index (χ1n) is 38.3. The van der Waals surface area contributed by atoms with Crippen molar-refractivity contribution in [3.63, 3.8) is 0 Å². The number of carbonyl (C=O) groups excluding carboxylic acids is 1. The number of nitrogens with one attached hydrogen (secondary N) is 1. The summed E-state index contributed by atoms with van der Waals surface area (Å²) in [5, 5.41) is 121. The van der Waals surface area contributed by atoms with E-state index in [9.17, 15) is 61.0 Å². The number of hydrogen-bond acceptors (Lipinski definition) is 18. The van der Waals surface area contributed by atoms with Gasteiger partial charge in [-0.2, -0.15) is 0 Å². The summed E-state index contributed by atoms with van der Waals surface area (Å²) >= 11 is 0. The van der Waals surface area contributed by atoms with E-state index in [1.165, 1.54) is 167 Å². The standard InChI is InChI=1S/C78H137NO18/c1-3-5-7-9-11-13-15-17-19-21-23-24-25-26-27-28-29-30-31-32-33-34-35-36-38-39-41-43-45-47-49-51-53-55-62(83)61(79-66(84)56-54-52-50-48-46-44-42-40-37-22-20-18-16-14-12-10-8-6-4-2)60-92-76-72(90)69(87)74(64(58-81)94-76)97-78-73(91)70(88)75(65(59-82)95-78)96-77-71(89)68(86)67(85)63(57-80)93-77/h6,8,12,14,18,20,37,40,44-47,53,55,61-65,67-78,80-83,85-91H,3-5,7,9-11,13,15-17,19,21-36,38-39,41-43,48-52,54,56-60H2,1-2H3,(H,79,84)/b8-6-,14-12-,20-18-,40-37-,46-44-,47-45+,55-53+. The van der Waals surface area contributed by atoms with Crippen LogP contribution in [0.15, 0.2) is 85.1 Å². The minimum atomic E-state index is -1.99. The first kappa shape index (κ1) is 88.2. The van der Waals surface area contributed by atoms with Crippen molar-refractivity contribution in [2.24, 2.45) is 0 Å². The molecule has 0 aromatic carbocycles. The highest BCUT2D eigenvalue weighted by atomic mass is 16.8. The zero-order chi connectivity index (χ0) is 70.4. The van der Waals surface area contributed by atoms with E-state index in [1.807, 2.05) is 6.08 Å². The maximum Gasteiger partial charge on any atom is 0.220 e. The Morgan fingerprint density at radius 3 is 1.15 bits per heavy atom. The molecule has 0 bridgehead atoms. The van der Waals surface area contributed by atoms with Gasteiger partial charge in [0.15, 0.2) is 18.9 Å². The Morgan fingerprint density at radius 2 is 0.722 bits per heavy atom. The summed E-state index contributed by atoms with van der Waals surface area (Å²) in [5.41, 5.74) is 0. The molecule has 0 saturated carbocycles. The smallest absolute Gasteiger partial charge is 0.220 e. The summed E-state index contributed by atoms with van der Waals surface area (Å²) in [5.74, 6) is -0.317. The lowest BCUT2D eigenvalue weighted by Gasteiger charge is -2.48. The van der Waals surface area contributed by atoms with Gasteiger partial charge in [0.25, 0.3) is 0 Å². The van der Waals surface area contributed by atoms with Crippen molar-refractivity contribution in [2.75, 3.05) is 26.4 Å². The van der Waals surface area contributed by atoms with Crippen LogP contribution in [0.25, 0.3) is 0 Å². The predicted molar refractivity (Wildman–Crippen MR) is 383 cm³/mol. The summed E-state index contributed by atoms with van der Waals surface area (Å²) in [6, 6.07) is -1.01. The quantitative estimate of drug-likeness (QED) is 0.0199. The highest BCUT2D eigenvalue weighted by molar-refractivity contribution is 5.76. The number of allylic oxidation sites excluding steroid dienone is 13. The van der Waals surface area contributed by atoms with Gasteiger partial charge in [0.2, 0.25) is 5.91 Å². The lowest BCUT2D eigenvalue weighted by atomic mass is 9.96. The summed E-state index contributed by atoms with van der Waals surface area (Å²) in [7, 11) is 0. The van der Waals surface area contributed by atoms with Crippen LogP contribution < -0.4 is 5.32 Å². The Labute approximate surface area is 584 Å². The van der Waals surface area contributed by atoms with Crippen LogP contribution in [0.4, 0.5) is 0 Å². The van der Waals surface area contributed by atoms with Crippen molar-refractivity contribution >= 4 is 5.91 Å². The van der Waals surface area contributed by atoms with Crippen LogP contribution in [0.5, 0.6) is 0 Å². The highest BCUT2D eigenvalue weighted by Crippen LogP contribution is 2.33. The molecule has 19 heteroatoms. The molecule has 3 saturated heterocycles. The molecule has 3 heterocycles. The monoisotopic (exact) mass is 1380 g/mol. The van der Waals surface area contributed by atoms with Crippen LogP contribution in [0.2, 0.25) is 0 Å². The molecule has 97 heavy (non-hydrogen) atoms. The fourth-order valence-corrected chi connectivity index (χ4v) is 12.5. The van der Waals surface area contributed by atoms with E-state index in [-0.39, 0.29) is 18.9 Å². The average Bonchev–Trinajstić information content (AvgIpc) is 0.795. The van der Waals surface area contributed by atoms with Gasteiger partial charge in [0, 0.05) is 6.42 Å². The molecular formula is C78H137NO18. The first-order chi connectivity index (χ1) is 47.3. The lowest BCUT2D eigenvalue weighted by Crippen LogP contribution is -2.66. The largest absolute Gasteiger partial charge is 0.394 e. The van der Waals surface area contributed by atoms with Gasteiger partial charge < -0.3 is 89.9 Å². The summed E-state index contributed by atoms with van der Waals surface area (Å²) in [6.07, 6.45) is 50.2. The second-order valence-electron chi connectivity index (χ2n) is 27.1. The maximum atomic E-state index is 13.4. The van der Waals surface area contributed by atoms with Crippen LogP contribution in [-0.2, 0) is 33.2 Å². The van der Waals surface area contributed by atoms with E-state index in [2.05, 4.69) is 92.1 Å². The molecule has 0 aliphatic carbocycles. The molecule has 3 fully saturated rings. The second-order valence-corrected chi connectivity index (χ2v) is 27.1. The number of rotatable bonds is 59. The van der Waals surface area contributed by atoms with Crippen molar-refractivity contribution in [1.29, 1.82) is 0 Å².